The van der Waals surface area contributed by atoms with Crippen molar-refractivity contribution in [2.24, 2.45) is 0 Å². The van der Waals surface area contributed by atoms with E-state index < -0.39 is 5.79 Å². The van der Waals surface area contributed by atoms with Crippen LogP contribution in [0.4, 0.5) is 0 Å². The first-order chi connectivity index (χ1) is 7.52. The zero-order valence-electron chi connectivity index (χ0n) is 9.73. The van der Waals surface area contributed by atoms with Crippen molar-refractivity contribution in [2.75, 3.05) is 13.2 Å². The molecule has 2 saturated heterocycles. The van der Waals surface area contributed by atoms with E-state index in [9.17, 15) is 4.79 Å². The van der Waals surface area contributed by atoms with E-state index in [1.807, 2.05) is 18.9 Å². The van der Waals surface area contributed by atoms with Gasteiger partial charge in [-0.15, -0.1) is 6.58 Å². The summed E-state index contributed by atoms with van der Waals surface area (Å²) in [6, 6.07) is 0.0345. The van der Waals surface area contributed by atoms with Gasteiger partial charge in [0.25, 0.3) is 0 Å². The molecule has 5 heteroatoms. The van der Waals surface area contributed by atoms with Crippen LogP contribution in [0, 0.1) is 0 Å². The molecule has 0 bridgehead atoms. The molecule has 2 atom stereocenters. The molecule has 2 aliphatic heterocycles. The summed E-state index contributed by atoms with van der Waals surface area (Å²) in [4.78, 5) is 11.4. The molecule has 1 N–H and O–H groups in total. The highest BCUT2D eigenvalue weighted by molar-refractivity contribution is 5.78. The number of rotatable bonds is 3. The maximum atomic E-state index is 11.4. The Labute approximate surface area is 95.4 Å². The normalized spacial score (nSPS) is 34.0. The molecular weight excluding hydrogens is 208 g/mol. The van der Waals surface area contributed by atoms with Crippen molar-refractivity contribution in [1.82, 2.24) is 10.4 Å². The molecule has 16 heavy (non-hydrogen) atoms. The lowest BCUT2D eigenvalue weighted by molar-refractivity contribution is -0.145. The Morgan fingerprint density at radius 1 is 1.69 bits per heavy atom. The lowest BCUT2D eigenvalue weighted by Gasteiger charge is -2.26. The Morgan fingerprint density at radius 2 is 2.44 bits per heavy atom. The van der Waals surface area contributed by atoms with Crippen LogP contribution in [0.3, 0.4) is 0 Å². The molecule has 0 aromatic rings. The summed E-state index contributed by atoms with van der Waals surface area (Å²) in [6.45, 7) is 8.59. The summed E-state index contributed by atoms with van der Waals surface area (Å²) in [5.74, 6) is -0.518. The molecule has 2 fully saturated rings. The minimum absolute atomic E-state index is 0.0279. The summed E-state index contributed by atoms with van der Waals surface area (Å²) in [6.07, 6.45) is 2.16. The third kappa shape index (κ3) is 2.26. The van der Waals surface area contributed by atoms with Crippen molar-refractivity contribution in [2.45, 2.75) is 38.2 Å². The second-order valence-electron chi connectivity index (χ2n) is 4.61. The summed E-state index contributed by atoms with van der Waals surface area (Å²) in [5, 5.41) is 1.87. The van der Waals surface area contributed by atoms with Gasteiger partial charge >= 0.3 is 0 Å². The third-order valence-corrected chi connectivity index (χ3v) is 2.85. The van der Waals surface area contributed by atoms with Crippen LogP contribution in [0.25, 0.3) is 0 Å². The van der Waals surface area contributed by atoms with Crippen molar-refractivity contribution in [1.29, 1.82) is 0 Å². The highest BCUT2D eigenvalue weighted by atomic mass is 16.7. The number of nitrogens with one attached hydrogen (secondary N) is 1. The van der Waals surface area contributed by atoms with Crippen LogP contribution in [-0.4, -0.2) is 42.0 Å². The van der Waals surface area contributed by atoms with E-state index in [0.29, 0.717) is 19.6 Å². The van der Waals surface area contributed by atoms with Crippen LogP contribution < -0.4 is 5.43 Å². The van der Waals surface area contributed by atoms with Gasteiger partial charge in [0.15, 0.2) is 5.79 Å². The molecule has 0 radical (unpaired) electrons. The molecule has 2 rings (SSSR count). The van der Waals surface area contributed by atoms with Crippen LogP contribution in [0.15, 0.2) is 12.7 Å². The number of hydrazine groups is 1. The maximum Gasteiger partial charge on any atom is 0.236 e. The number of hydrogen-bond acceptors (Lipinski definition) is 4. The van der Waals surface area contributed by atoms with Crippen molar-refractivity contribution in [3.05, 3.63) is 12.7 Å². The largest absolute Gasteiger partial charge is 0.348 e. The molecule has 2 heterocycles. The highest BCUT2D eigenvalue weighted by Crippen LogP contribution is 2.28. The minimum atomic E-state index is -0.545. The molecule has 0 spiro atoms. The minimum Gasteiger partial charge on any atom is -0.348 e. The monoisotopic (exact) mass is 226 g/mol. The second-order valence-corrected chi connectivity index (χ2v) is 4.61. The zero-order chi connectivity index (χ0) is 11.8. The van der Waals surface area contributed by atoms with Crippen molar-refractivity contribution in [3.63, 3.8) is 0 Å². The van der Waals surface area contributed by atoms with Gasteiger partial charge in [0.2, 0.25) is 5.91 Å². The molecular formula is C11H18N2O3. The smallest absolute Gasteiger partial charge is 0.236 e. The number of ether oxygens (including phenoxy) is 2. The molecule has 0 aromatic heterocycles. The maximum absolute atomic E-state index is 11.4. The van der Waals surface area contributed by atoms with Crippen LogP contribution in [0.2, 0.25) is 0 Å². The van der Waals surface area contributed by atoms with Gasteiger partial charge in [-0.2, -0.15) is 0 Å². The Morgan fingerprint density at radius 3 is 3.00 bits per heavy atom. The number of nitrogens with zero attached hydrogens (tertiary/aromatic N) is 1. The van der Waals surface area contributed by atoms with E-state index in [2.05, 4.69) is 12.0 Å². The average molecular weight is 226 g/mol. The molecule has 0 aliphatic carbocycles. The quantitative estimate of drug-likeness (QED) is 0.709. The Kier molecular flexibility index (Phi) is 3.01. The highest BCUT2D eigenvalue weighted by Gasteiger charge is 2.43. The van der Waals surface area contributed by atoms with Gasteiger partial charge in [0.05, 0.1) is 12.6 Å². The van der Waals surface area contributed by atoms with Crippen LogP contribution in [0.5, 0.6) is 0 Å². The van der Waals surface area contributed by atoms with E-state index in [1.54, 1.807) is 6.08 Å². The molecule has 0 unspecified atom stereocenters. The topological polar surface area (TPSA) is 50.8 Å². The van der Waals surface area contributed by atoms with Gasteiger partial charge in [0.1, 0.15) is 6.10 Å². The summed E-state index contributed by atoms with van der Waals surface area (Å²) in [7, 11) is 0. The summed E-state index contributed by atoms with van der Waals surface area (Å²) in [5.41, 5.74) is 2.80. The lowest BCUT2D eigenvalue weighted by Crippen LogP contribution is -2.45. The number of amides is 1. The molecule has 0 aromatic carbocycles. The van der Waals surface area contributed by atoms with Gasteiger partial charge < -0.3 is 9.47 Å². The third-order valence-electron chi connectivity index (χ3n) is 2.85. The Balaban J connectivity index is 2.02. The summed E-state index contributed by atoms with van der Waals surface area (Å²) >= 11 is 0. The molecule has 5 nitrogen and oxygen atoms in total. The van der Waals surface area contributed by atoms with Crippen molar-refractivity contribution < 1.29 is 14.3 Å². The molecule has 2 aliphatic rings. The Hall–Kier alpha value is -0.910. The van der Waals surface area contributed by atoms with Gasteiger partial charge in [-0.1, -0.05) is 6.08 Å². The number of carbonyl (C=O) groups is 1. The fraction of sp³-hybridized carbons (Fsp3) is 0.727. The van der Waals surface area contributed by atoms with Crippen LogP contribution >= 0.6 is 0 Å². The zero-order valence-corrected chi connectivity index (χ0v) is 9.73. The van der Waals surface area contributed by atoms with E-state index in [-0.39, 0.29) is 18.1 Å². The van der Waals surface area contributed by atoms with Crippen molar-refractivity contribution >= 4 is 5.91 Å². The SMILES string of the molecule is C=CCN1NC(=O)C[C@@H]1[C@H]1COC(C)(C)O1. The Bertz CT molecular complexity index is 304. The van der Waals surface area contributed by atoms with Crippen molar-refractivity contribution in [3.8, 4) is 0 Å². The molecule has 1 amide bonds. The van der Waals surface area contributed by atoms with E-state index >= 15 is 0 Å². The molecule has 90 valence electrons. The van der Waals surface area contributed by atoms with E-state index in [1.165, 1.54) is 0 Å². The number of hydrogen-bond donors (Lipinski definition) is 1. The van der Waals surface area contributed by atoms with E-state index in [4.69, 9.17) is 9.47 Å². The predicted octanol–water partition coefficient (Wildman–Crippen LogP) is 0.429. The van der Waals surface area contributed by atoms with Gasteiger partial charge in [0, 0.05) is 13.0 Å². The van der Waals surface area contributed by atoms with Gasteiger partial charge in [-0.05, 0) is 13.8 Å². The van der Waals surface area contributed by atoms with E-state index in [0.717, 1.165) is 0 Å². The van der Waals surface area contributed by atoms with Crippen LogP contribution in [0.1, 0.15) is 20.3 Å². The fourth-order valence-corrected chi connectivity index (χ4v) is 2.15. The first-order valence-electron chi connectivity index (χ1n) is 5.50. The summed E-state index contributed by atoms with van der Waals surface area (Å²) < 4.78 is 11.3. The van der Waals surface area contributed by atoms with Crippen LogP contribution in [-0.2, 0) is 14.3 Å². The fourth-order valence-electron chi connectivity index (χ4n) is 2.15. The van der Waals surface area contributed by atoms with Gasteiger partial charge in [-0.25, -0.2) is 5.01 Å². The predicted molar refractivity (Wildman–Crippen MR) is 58.4 cm³/mol. The van der Waals surface area contributed by atoms with Gasteiger partial charge in [-0.3, -0.25) is 10.2 Å². The average Bonchev–Trinajstić information content (AvgIpc) is 2.70. The molecule has 0 saturated carbocycles. The number of carbonyl (C=O) groups excluding carboxylic acids is 1. The standard InChI is InChI=1S/C11H18N2O3/c1-4-5-13-8(6-10(14)12-13)9-7-15-11(2,3)16-9/h4,8-9H,1,5-7H2,2-3H3,(H,12,14)/t8-,9-/m1/s1. The second kappa shape index (κ2) is 4.16. The lowest BCUT2D eigenvalue weighted by atomic mass is 10.1. The first-order valence-corrected chi connectivity index (χ1v) is 5.50. The first kappa shape index (κ1) is 11.6.